The van der Waals surface area contributed by atoms with Crippen molar-refractivity contribution >= 4 is 16.0 Å². The average molecular weight is 511 g/mol. The van der Waals surface area contributed by atoms with Crippen molar-refractivity contribution in [2.24, 2.45) is 5.92 Å². The van der Waals surface area contributed by atoms with E-state index in [-0.39, 0.29) is 34.9 Å². The maximum atomic E-state index is 13.6. The van der Waals surface area contributed by atoms with Crippen LogP contribution in [0.2, 0.25) is 0 Å². The molecule has 13 heteroatoms. The highest BCUT2D eigenvalue weighted by molar-refractivity contribution is 7.92. The molecule has 9 nitrogen and oxygen atoms in total. The smallest absolute Gasteiger partial charge is 0.433 e. The third-order valence-corrected chi connectivity index (χ3v) is 6.57. The molecule has 1 aliphatic rings. The monoisotopic (exact) mass is 510 g/mol. The molecule has 1 aliphatic heterocycles. The van der Waals surface area contributed by atoms with Gasteiger partial charge in [0.2, 0.25) is 11.8 Å². The number of halogens is 3. The topological polar surface area (TPSA) is 111 Å². The van der Waals surface area contributed by atoms with Gasteiger partial charge in [-0.25, -0.2) is 17.8 Å². The maximum Gasteiger partial charge on any atom is 0.433 e. The molecule has 2 N–H and O–H groups in total. The van der Waals surface area contributed by atoms with Crippen molar-refractivity contribution in [2.45, 2.75) is 50.9 Å². The number of anilines is 1. The number of aryl methyl sites for hydroxylation is 1. The zero-order valence-electron chi connectivity index (χ0n) is 19.3. The molecule has 0 radical (unpaired) electrons. The van der Waals surface area contributed by atoms with Gasteiger partial charge in [0, 0.05) is 18.7 Å². The van der Waals surface area contributed by atoms with Gasteiger partial charge in [-0.2, -0.15) is 28.2 Å². The third-order valence-electron chi connectivity index (χ3n) is 5.25. The van der Waals surface area contributed by atoms with Crippen LogP contribution in [0.5, 0.6) is 5.88 Å². The highest BCUT2D eigenvalue weighted by Crippen LogP contribution is 2.32. The largest absolute Gasteiger partial charge is 0.476 e. The second-order valence-corrected chi connectivity index (χ2v) is 10.4. The van der Waals surface area contributed by atoms with E-state index in [4.69, 9.17) is 4.74 Å². The molecule has 0 unspecified atom stereocenters. The molecule has 0 saturated carbocycles. The molecule has 2 aromatic heterocycles. The molecule has 1 atom stereocenters. The zero-order valence-corrected chi connectivity index (χ0v) is 20.1. The molecule has 4 bridgehead atoms. The minimum atomic E-state index is -4.71. The van der Waals surface area contributed by atoms with E-state index in [1.165, 1.54) is 25.1 Å². The van der Waals surface area contributed by atoms with Crippen molar-refractivity contribution < 1.29 is 26.3 Å². The number of aromatic nitrogens is 4. The van der Waals surface area contributed by atoms with Crippen LogP contribution in [0, 0.1) is 12.8 Å². The van der Waals surface area contributed by atoms with Crippen LogP contribution in [0.1, 0.15) is 37.2 Å². The van der Waals surface area contributed by atoms with Gasteiger partial charge in [-0.05, 0) is 43.0 Å². The van der Waals surface area contributed by atoms with Crippen LogP contribution in [0.25, 0.3) is 5.82 Å². The third kappa shape index (κ3) is 5.90. The molecule has 0 saturated heterocycles. The molecule has 4 rings (SSSR count). The van der Waals surface area contributed by atoms with Gasteiger partial charge in [-0.15, -0.1) is 0 Å². The predicted molar refractivity (Wildman–Crippen MR) is 122 cm³/mol. The van der Waals surface area contributed by atoms with Gasteiger partial charge in [0.05, 0.1) is 10.6 Å². The molecular weight excluding hydrogens is 485 g/mol. The first-order valence-electron chi connectivity index (χ1n) is 10.9. The lowest BCUT2D eigenvalue weighted by atomic mass is 10.0. The number of ether oxygens (including phenoxy) is 1. The Labute approximate surface area is 200 Å². The normalized spacial score (nSPS) is 18.1. The van der Waals surface area contributed by atoms with Gasteiger partial charge in [-0.1, -0.05) is 26.0 Å². The Balaban J connectivity index is 1.83. The van der Waals surface area contributed by atoms with Crippen molar-refractivity contribution in [1.29, 1.82) is 0 Å². The van der Waals surface area contributed by atoms with E-state index in [1.54, 1.807) is 12.1 Å². The minimum Gasteiger partial charge on any atom is -0.476 e. The molecule has 0 fully saturated rings. The Morgan fingerprint density at radius 2 is 1.97 bits per heavy atom. The summed E-state index contributed by atoms with van der Waals surface area (Å²) in [4.78, 5) is 8.09. The van der Waals surface area contributed by atoms with Crippen LogP contribution in [0.4, 0.5) is 19.1 Å². The lowest BCUT2D eigenvalue weighted by Crippen LogP contribution is -2.35. The molecular formula is C22H25F3N6O3S. The van der Waals surface area contributed by atoms with Crippen LogP contribution in [-0.4, -0.2) is 40.8 Å². The van der Waals surface area contributed by atoms with Gasteiger partial charge in [-0.3, -0.25) is 0 Å². The summed E-state index contributed by atoms with van der Waals surface area (Å²) in [5, 5.41) is 7.27. The minimum absolute atomic E-state index is 0.0288. The fourth-order valence-corrected chi connectivity index (χ4v) is 4.76. The number of alkyl halides is 3. The number of sulfonamides is 1. The van der Waals surface area contributed by atoms with Gasteiger partial charge < -0.3 is 10.1 Å². The molecule has 3 aromatic rings. The van der Waals surface area contributed by atoms with Crippen molar-refractivity contribution in [1.82, 2.24) is 25.1 Å². The molecule has 0 spiro atoms. The first kappa shape index (κ1) is 24.9. The number of hydrogen-bond acceptors (Lipinski definition) is 7. The second-order valence-electron chi connectivity index (χ2n) is 8.74. The Morgan fingerprint density at radius 1 is 1.20 bits per heavy atom. The summed E-state index contributed by atoms with van der Waals surface area (Å²) in [5.74, 6) is -0.476. The van der Waals surface area contributed by atoms with Crippen molar-refractivity contribution in [3.05, 3.63) is 53.3 Å². The zero-order chi connectivity index (χ0) is 25.4. The summed E-state index contributed by atoms with van der Waals surface area (Å²) in [6, 6.07) is 8.30. The number of rotatable bonds is 3. The Bertz CT molecular complexity index is 1320. The summed E-state index contributed by atoms with van der Waals surface area (Å²) in [6.45, 7) is 6.09. The first-order valence-corrected chi connectivity index (χ1v) is 12.4. The molecule has 0 amide bonds. The van der Waals surface area contributed by atoms with Gasteiger partial charge >= 0.3 is 6.18 Å². The molecule has 35 heavy (non-hydrogen) atoms. The molecule has 188 valence electrons. The highest BCUT2D eigenvalue weighted by atomic mass is 32.2. The summed E-state index contributed by atoms with van der Waals surface area (Å²) in [5.41, 5.74) is -0.195. The van der Waals surface area contributed by atoms with Crippen molar-refractivity contribution in [2.75, 3.05) is 11.3 Å². The Morgan fingerprint density at radius 3 is 2.69 bits per heavy atom. The van der Waals surface area contributed by atoms with Crippen LogP contribution in [0.3, 0.4) is 0 Å². The fraction of sp³-hybridized carbons (Fsp3) is 0.409. The Hall–Kier alpha value is -3.19. The van der Waals surface area contributed by atoms with E-state index in [1.807, 2.05) is 0 Å². The van der Waals surface area contributed by atoms with Crippen LogP contribution in [-0.2, 0) is 22.7 Å². The molecule has 1 aromatic carbocycles. The van der Waals surface area contributed by atoms with Crippen LogP contribution in [0.15, 0.2) is 41.3 Å². The van der Waals surface area contributed by atoms with E-state index in [2.05, 4.69) is 39.0 Å². The lowest BCUT2D eigenvalue weighted by Gasteiger charge is -2.21. The maximum absolute atomic E-state index is 13.6. The Kier molecular flexibility index (Phi) is 6.73. The number of nitrogens with zero attached hydrogens (tertiary/aromatic N) is 4. The number of nitrogens with one attached hydrogen (secondary N) is 2. The second kappa shape index (κ2) is 9.46. The van der Waals surface area contributed by atoms with Gasteiger partial charge in [0.15, 0.2) is 5.82 Å². The van der Waals surface area contributed by atoms with E-state index >= 15 is 0 Å². The standard InChI is InChI=1S/C22H25F3N6O3S/c1-13(2)7-16-12-34-20-10-19(31-18(22(23,24)25)8-14(3)29-31)27-21(28-20)30-35(32,33)17-6-4-5-15(9-17)11-26-16/h4-6,8-10,13,16,26H,7,11-12H2,1-3H3,(H,27,28,30)/t16-/m1/s1. The molecule has 3 heterocycles. The number of hydrogen-bond donors (Lipinski definition) is 2. The van der Waals surface area contributed by atoms with E-state index in [0.717, 1.165) is 18.1 Å². The van der Waals surface area contributed by atoms with Crippen LogP contribution < -0.4 is 14.8 Å². The van der Waals surface area contributed by atoms with Gasteiger partial charge in [0.25, 0.3) is 10.0 Å². The van der Waals surface area contributed by atoms with Crippen LogP contribution >= 0.6 is 0 Å². The first-order chi connectivity index (χ1) is 16.4. The predicted octanol–water partition coefficient (Wildman–Crippen LogP) is 3.69. The summed E-state index contributed by atoms with van der Waals surface area (Å²) in [6.07, 6.45) is -3.96. The van der Waals surface area contributed by atoms with E-state index in [9.17, 15) is 21.6 Å². The molecule has 0 aliphatic carbocycles. The van der Waals surface area contributed by atoms with Crippen molar-refractivity contribution in [3.63, 3.8) is 0 Å². The quantitative estimate of drug-likeness (QED) is 0.553. The SMILES string of the molecule is Cc1cc(C(F)(F)F)n(-c2cc3nc(n2)NS(=O)(=O)c2cccc(c2)CN[C@H](CC(C)C)CO3)n1. The average Bonchev–Trinajstić information content (AvgIpc) is 3.17. The number of benzene rings is 1. The van der Waals surface area contributed by atoms with Crippen molar-refractivity contribution in [3.8, 4) is 11.7 Å². The summed E-state index contributed by atoms with van der Waals surface area (Å²) >= 11 is 0. The highest BCUT2D eigenvalue weighted by Gasteiger charge is 2.36. The number of fused-ring (bicyclic) bond motifs is 4. The summed E-state index contributed by atoms with van der Waals surface area (Å²) < 4.78 is 75.5. The van der Waals surface area contributed by atoms with Gasteiger partial charge in [0.1, 0.15) is 12.3 Å². The summed E-state index contributed by atoms with van der Waals surface area (Å²) in [7, 11) is -4.13. The lowest BCUT2D eigenvalue weighted by molar-refractivity contribution is -0.142. The fourth-order valence-electron chi connectivity index (χ4n) is 3.75. The van der Waals surface area contributed by atoms with E-state index < -0.39 is 27.8 Å². The van der Waals surface area contributed by atoms with E-state index in [0.29, 0.717) is 17.1 Å².